The zero-order chi connectivity index (χ0) is 20.1. The van der Waals surface area contributed by atoms with Gasteiger partial charge in [-0.2, -0.15) is 0 Å². The number of amides is 1. The second kappa shape index (κ2) is 8.59. The molecule has 2 aromatic carbocycles. The van der Waals surface area contributed by atoms with Gasteiger partial charge in [-0.15, -0.1) is 0 Å². The van der Waals surface area contributed by atoms with E-state index in [2.05, 4.69) is 4.74 Å². The summed E-state index contributed by atoms with van der Waals surface area (Å²) in [4.78, 5) is 37.1. The van der Waals surface area contributed by atoms with Gasteiger partial charge < -0.3 is 14.4 Å². The second-order valence-electron chi connectivity index (χ2n) is 5.28. The molecule has 2 aromatic rings. The quantitative estimate of drug-likeness (QED) is 0.572. The SMILES string of the molecule is COC(=O)c1ccccc1N(C)C(=O)COC(=O)c1cc(F)c(F)cc1Cl. The molecule has 0 aliphatic carbocycles. The van der Waals surface area contributed by atoms with Gasteiger partial charge >= 0.3 is 11.9 Å². The van der Waals surface area contributed by atoms with Crippen molar-refractivity contribution in [3.63, 3.8) is 0 Å². The first-order valence-corrected chi connectivity index (χ1v) is 7.89. The highest BCUT2D eigenvalue weighted by molar-refractivity contribution is 6.33. The molecule has 0 aliphatic heterocycles. The number of rotatable bonds is 5. The van der Waals surface area contributed by atoms with Gasteiger partial charge in [0.25, 0.3) is 5.91 Å². The van der Waals surface area contributed by atoms with Crippen LogP contribution in [-0.2, 0) is 14.3 Å². The Hall–Kier alpha value is -3.00. The summed E-state index contributed by atoms with van der Waals surface area (Å²) in [7, 11) is 2.58. The molecule has 0 saturated carbocycles. The number of likely N-dealkylation sites (N-methyl/N-ethyl adjacent to an activating group) is 1. The highest BCUT2D eigenvalue weighted by Gasteiger charge is 2.21. The Kier molecular flexibility index (Phi) is 6.46. The number of halogens is 3. The number of esters is 2. The maximum Gasteiger partial charge on any atom is 0.340 e. The lowest BCUT2D eigenvalue weighted by Crippen LogP contribution is -2.32. The molecule has 0 saturated heterocycles. The predicted octanol–water partition coefficient (Wildman–Crippen LogP) is 3.22. The number of para-hydroxylation sites is 1. The standard InChI is InChI=1S/C18H14ClF2NO5/c1-22(15-6-4-3-5-10(15)17(24)26-2)16(23)9-27-18(25)11-7-13(20)14(21)8-12(11)19/h3-8H,9H2,1-2H3. The van der Waals surface area contributed by atoms with Gasteiger partial charge in [-0.1, -0.05) is 23.7 Å². The summed E-state index contributed by atoms with van der Waals surface area (Å²) < 4.78 is 35.8. The summed E-state index contributed by atoms with van der Waals surface area (Å²) >= 11 is 5.69. The first-order chi connectivity index (χ1) is 12.8. The highest BCUT2D eigenvalue weighted by Crippen LogP contribution is 2.22. The number of hydrogen-bond donors (Lipinski definition) is 0. The largest absolute Gasteiger partial charge is 0.465 e. The zero-order valence-electron chi connectivity index (χ0n) is 14.3. The lowest BCUT2D eigenvalue weighted by Gasteiger charge is -2.19. The van der Waals surface area contributed by atoms with E-state index in [9.17, 15) is 23.2 Å². The average molecular weight is 398 g/mol. The fourth-order valence-corrected chi connectivity index (χ4v) is 2.39. The first-order valence-electron chi connectivity index (χ1n) is 7.51. The van der Waals surface area contributed by atoms with Crippen LogP contribution in [0.4, 0.5) is 14.5 Å². The van der Waals surface area contributed by atoms with E-state index in [0.717, 1.165) is 4.90 Å². The summed E-state index contributed by atoms with van der Waals surface area (Å²) in [5, 5.41) is -0.351. The van der Waals surface area contributed by atoms with Crippen molar-refractivity contribution >= 4 is 35.1 Å². The molecule has 0 spiro atoms. The Morgan fingerprint density at radius 1 is 1.04 bits per heavy atom. The fraction of sp³-hybridized carbons (Fsp3) is 0.167. The van der Waals surface area contributed by atoms with Crippen LogP contribution >= 0.6 is 11.6 Å². The van der Waals surface area contributed by atoms with E-state index in [1.165, 1.54) is 26.3 Å². The van der Waals surface area contributed by atoms with Crippen molar-refractivity contribution in [3.05, 3.63) is 64.2 Å². The maximum absolute atomic E-state index is 13.3. The Bertz CT molecular complexity index is 903. The van der Waals surface area contributed by atoms with Crippen LogP contribution < -0.4 is 4.90 Å². The molecule has 27 heavy (non-hydrogen) atoms. The number of carbonyl (C=O) groups is 3. The van der Waals surface area contributed by atoms with Gasteiger partial charge in [0.1, 0.15) is 0 Å². The molecular formula is C18H14ClF2NO5. The zero-order valence-corrected chi connectivity index (χ0v) is 15.0. The lowest BCUT2D eigenvalue weighted by atomic mass is 10.1. The molecule has 0 aromatic heterocycles. The number of nitrogens with zero attached hydrogens (tertiary/aromatic N) is 1. The first kappa shape index (κ1) is 20.3. The number of ether oxygens (including phenoxy) is 2. The fourth-order valence-electron chi connectivity index (χ4n) is 2.16. The number of anilines is 1. The third-order valence-electron chi connectivity index (χ3n) is 3.60. The number of hydrogen-bond acceptors (Lipinski definition) is 5. The molecule has 6 nitrogen and oxygen atoms in total. The van der Waals surface area contributed by atoms with Crippen molar-refractivity contribution in [2.75, 3.05) is 25.7 Å². The molecule has 2 rings (SSSR count). The second-order valence-corrected chi connectivity index (χ2v) is 5.69. The maximum atomic E-state index is 13.3. The third-order valence-corrected chi connectivity index (χ3v) is 3.91. The normalized spacial score (nSPS) is 10.3. The molecule has 0 bridgehead atoms. The van der Waals surface area contributed by atoms with Crippen molar-refractivity contribution in [1.82, 2.24) is 0 Å². The van der Waals surface area contributed by atoms with Gasteiger partial charge in [-0.25, -0.2) is 18.4 Å². The van der Waals surface area contributed by atoms with Gasteiger partial charge in [0, 0.05) is 7.05 Å². The van der Waals surface area contributed by atoms with Crippen LogP contribution in [0.3, 0.4) is 0 Å². The molecule has 0 heterocycles. The average Bonchev–Trinajstić information content (AvgIpc) is 2.67. The van der Waals surface area contributed by atoms with Gasteiger partial charge in [0.15, 0.2) is 18.2 Å². The summed E-state index contributed by atoms with van der Waals surface area (Å²) in [5.74, 6) is -4.90. The third kappa shape index (κ3) is 4.59. The molecule has 0 atom stereocenters. The van der Waals surface area contributed by atoms with E-state index in [1.54, 1.807) is 12.1 Å². The van der Waals surface area contributed by atoms with Crippen molar-refractivity contribution < 1.29 is 32.6 Å². The summed E-state index contributed by atoms with van der Waals surface area (Å²) in [6, 6.07) is 7.41. The molecule has 0 aliphatic rings. The molecule has 0 unspecified atom stereocenters. The van der Waals surface area contributed by atoms with Gasteiger partial charge in [0.05, 0.1) is 28.9 Å². The smallest absolute Gasteiger partial charge is 0.340 e. The van der Waals surface area contributed by atoms with Crippen LogP contribution in [0.15, 0.2) is 36.4 Å². The minimum Gasteiger partial charge on any atom is -0.465 e. The van der Waals surface area contributed by atoms with Crippen LogP contribution in [0.5, 0.6) is 0 Å². The monoisotopic (exact) mass is 397 g/mol. The van der Waals surface area contributed by atoms with E-state index >= 15 is 0 Å². The van der Waals surface area contributed by atoms with Crippen LogP contribution in [-0.4, -0.2) is 38.6 Å². The number of methoxy groups -OCH3 is 1. The summed E-state index contributed by atoms with van der Waals surface area (Å²) in [6.45, 7) is -0.708. The van der Waals surface area contributed by atoms with Gasteiger partial charge in [-0.05, 0) is 24.3 Å². The van der Waals surface area contributed by atoms with Crippen LogP contribution in [0, 0.1) is 11.6 Å². The Morgan fingerprint density at radius 2 is 1.67 bits per heavy atom. The number of carbonyl (C=O) groups excluding carboxylic acids is 3. The van der Waals surface area contributed by atoms with Crippen molar-refractivity contribution in [3.8, 4) is 0 Å². The van der Waals surface area contributed by atoms with E-state index in [-0.39, 0.29) is 16.3 Å². The molecule has 142 valence electrons. The predicted molar refractivity (Wildman–Crippen MR) is 92.8 cm³/mol. The van der Waals surface area contributed by atoms with Crippen molar-refractivity contribution in [2.24, 2.45) is 0 Å². The molecule has 0 radical (unpaired) electrons. The Balaban J connectivity index is 2.11. The van der Waals surface area contributed by atoms with E-state index in [1.807, 2.05) is 0 Å². The Labute approximate surface area is 158 Å². The van der Waals surface area contributed by atoms with E-state index in [0.29, 0.717) is 12.1 Å². The Morgan fingerprint density at radius 3 is 2.33 bits per heavy atom. The molecule has 0 fully saturated rings. The van der Waals surface area contributed by atoms with Crippen LogP contribution in [0.25, 0.3) is 0 Å². The molecule has 9 heteroatoms. The van der Waals surface area contributed by atoms with Gasteiger partial charge in [-0.3, -0.25) is 4.79 Å². The minimum atomic E-state index is -1.28. The number of benzene rings is 2. The summed E-state index contributed by atoms with van der Waals surface area (Å²) in [5.41, 5.74) is -0.0249. The molecular weight excluding hydrogens is 384 g/mol. The van der Waals surface area contributed by atoms with Crippen LogP contribution in [0.2, 0.25) is 5.02 Å². The van der Waals surface area contributed by atoms with Crippen LogP contribution in [0.1, 0.15) is 20.7 Å². The van der Waals surface area contributed by atoms with Crippen molar-refractivity contribution in [1.29, 1.82) is 0 Å². The summed E-state index contributed by atoms with van der Waals surface area (Å²) in [6.07, 6.45) is 0. The van der Waals surface area contributed by atoms with E-state index in [4.69, 9.17) is 16.3 Å². The molecule has 1 amide bonds. The lowest BCUT2D eigenvalue weighted by molar-refractivity contribution is -0.121. The minimum absolute atomic E-state index is 0.144. The van der Waals surface area contributed by atoms with Gasteiger partial charge in [0.2, 0.25) is 0 Å². The topological polar surface area (TPSA) is 72.9 Å². The highest BCUT2D eigenvalue weighted by atomic mass is 35.5. The van der Waals surface area contributed by atoms with E-state index < -0.39 is 41.7 Å². The van der Waals surface area contributed by atoms with Crippen molar-refractivity contribution in [2.45, 2.75) is 0 Å². The molecule has 0 N–H and O–H groups in total.